The van der Waals surface area contributed by atoms with Crippen LogP contribution in [-0.2, 0) is 4.79 Å². The monoisotopic (exact) mass is 336 g/mol. The van der Waals surface area contributed by atoms with Gasteiger partial charge in [-0.1, -0.05) is 54.2 Å². The fraction of sp³-hybridized carbons (Fsp3) is 0.167. The summed E-state index contributed by atoms with van der Waals surface area (Å²) in [5.74, 6) is -0.143. The summed E-state index contributed by atoms with van der Waals surface area (Å²) in [6, 6.07) is 15.8. The zero-order valence-corrected chi connectivity index (χ0v) is 14.2. The molecule has 2 aliphatic heterocycles. The summed E-state index contributed by atoms with van der Waals surface area (Å²) in [7, 11) is 0. The maximum atomic E-state index is 12.7. The lowest BCUT2D eigenvalue weighted by Gasteiger charge is -2.34. The van der Waals surface area contributed by atoms with Gasteiger partial charge in [-0.2, -0.15) is 0 Å². The molecule has 2 aromatic rings. The maximum absolute atomic E-state index is 12.7. The molecule has 0 aromatic heterocycles. The van der Waals surface area contributed by atoms with Crippen LogP contribution in [0, 0.1) is 6.92 Å². The number of hydrogen-bond acceptors (Lipinski definition) is 5. The molecule has 0 saturated heterocycles. The van der Waals surface area contributed by atoms with E-state index in [9.17, 15) is 4.79 Å². The van der Waals surface area contributed by atoms with Crippen molar-refractivity contribution in [2.45, 2.75) is 13.1 Å². The fourth-order valence-corrected chi connectivity index (χ4v) is 3.36. The Kier molecular flexibility index (Phi) is 3.61. The summed E-state index contributed by atoms with van der Waals surface area (Å²) >= 11 is 1.41. The van der Waals surface area contributed by atoms with E-state index in [2.05, 4.69) is 10.4 Å². The smallest absolute Gasteiger partial charge is 0.276 e. The summed E-state index contributed by atoms with van der Waals surface area (Å²) in [5, 5.41) is 11.4. The van der Waals surface area contributed by atoms with Gasteiger partial charge in [-0.15, -0.1) is 5.10 Å². The molecule has 0 fully saturated rings. The molecule has 120 valence electrons. The second-order valence-electron chi connectivity index (χ2n) is 5.63. The molecule has 2 aliphatic rings. The Balaban J connectivity index is 2.02. The first-order valence-electron chi connectivity index (χ1n) is 7.65. The van der Waals surface area contributed by atoms with E-state index in [1.165, 1.54) is 11.8 Å². The molecule has 0 saturated carbocycles. The molecular formula is C18H16N4OS. The molecule has 0 bridgehead atoms. The number of amides is 1. The maximum Gasteiger partial charge on any atom is 0.276 e. The van der Waals surface area contributed by atoms with Crippen LogP contribution in [0.4, 0.5) is 0 Å². The van der Waals surface area contributed by atoms with Crippen molar-refractivity contribution in [1.82, 2.24) is 10.3 Å². The summed E-state index contributed by atoms with van der Waals surface area (Å²) in [5.41, 5.74) is 2.71. The van der Waals surface area contributed by atoms with E-state index in [4.69, 9.17) is 4.99 Å². The first kappa shape index (κ1) is 15.0. The lowest BCUT2D eigenvalue weighted by molar-refractivity contribution is -0.116. The summed E-state index contributed by atoms with van der Waals surface area (Å²) in [6.07, 6.45) is 1.55. The number of para-hydroxylation sites is 1. The molecule has 0 unspecified atom stereocenters. The normalized spacial score (nSPS) is 19.0. The second-order valence-corrected chi connectivity index (χ2v) is 6.43. The Morgan fingerprint density at radius 3 is 2.67 bits per heavy atom. The highest BCUT2D eigenvalue weighted by atomic mass is 32.2. The minimum atomic E-state index is -0.343. The van der Waals surface area contributed by atoms with Crippen molar-refractivity contribution in [1.29, 1.82) is 0 Å². The summed E-state index contributed by atoms with van der Waals surface area (Å²) in [4.78, 5) is 17.6. The average Bonchev–Trinajstić information content (AvgIpc) is 2.61. The third-order valence-electron chi connectivity index (χ3n) is 4.18. The molecule has 6 heteroatoms. The number of thioether (sulfide) groups is 1. The van der Waals surface area contributed by atoms with Crippen LogP contribution < -0.4 is 15.9 Å². The van der Waals surface area contributed by atoms with Gasteiger partial charge in [-0.05, 0) is 24.8 Å². The minimum absolute atomic E-state index is 0.143. The molecule has 0 spiro atoms. The SMILES string of the molecule is CSC1=NN2C(=c3ccccc3=N[C@H]2c2ccccc2C)C(=O)N1. The number of nitrogens with zero attached hydrogens (tertiary/aromatic N) is 3. The van der Waals surface area contributed by atoms with Crippen molar-refractivity contribution >= 4 is 28.5 Å². The van der Waals surface area contributed by atoms with E-state index >= 15 is 0 Å². The van der Waals surface area contributed by atoms with E-state index < -0.39 is 0 Å². The van der Waals surface area contributed by atoms with Crippen molar-refractivity contribution < 1.29 is 4.79 Å². The topological polar surface area (TPSA) is 57.1 Å². The number of benzene rings is 2. The molecule has 0 radical (unpaired) electrons. The molecule has 2 aromatic carbocycles. The molecule has 24 heavy (non-hydrogen) atoms. The van der Waals surface area contributed by atoms with Crippen molar-refractivity contribution in [2.75, 3.05) is 6.26 Å². The lowest BCUT2D eigenvalue weighted by Crippen LogP contribution is -2.50. The number of carbonyl (C=O) groups excluding carboxylic acids is 1. The van der Waals surface area contributed by atoms with Crippen LogP contribution in [0.2, 0.25) is 0 Å². The molecule has 0 aliphatic carbocycles. The Hall–Kier alpha value is -2.60. The summed E-state index contributed by atoms with van der Waals surface area (Å²) < 4.78 is 0. The minimum Gasteiger partial charge on any atom is -0.298 e. The highest BCUT2D eigenvalue weighted by Crippen LogP contribution is 2.31. The van der Waals surface area contributed by atoms with Gasteiger partial charge in [0.1, 0.15) is 5.70 Å². The standard InChI is InChI=1S/C18H16N4OS/c1-11-7-3-4-8-12(11)16-19-14-10-6-5-9-13(14)15-17(23)20-18(24-2)21-22(15)16/h3-10,16H,1-2H3,(H,20,21,23)/t16-/m1/s1. The van der Waals surface area contributed by atoms with Crippen LogP contribution in [0.5, 0.6) is 0 Å². The molecule has 1 N–H and O–H groups in total. The number of aryl methyl sites for hydroxylation is 1. The highest BCUT2D eigenvalue weighted by molar-refractivity contribution is 8.13. The first-order valence-corrected chi connectivity index (χ1v) is 8.87. The van der Waals surface area contributed by atoms with E-state index in [1.807, 2.05) is 61.7 Å². The Labute approximate surface area is 143 Å². The highest BCUT2D eigenvalue weighted by Gasteiger charge is 2.34. The first-order chi connectivity index (χ1) is 11.7. The zero-order valence-electron chi connectivity index (χ0n) is 13.4. The molecular weight excluding hydrogens is 320 g/mol. The third-order valence-corrected chi connectivity index (χ3v) is 4.75. The predicted molar refractivity (Wildman–Crippen MR) is 95.5 cm³/mol. The van der Waals surface area contributed by atoms with Gasteiger partial charge in [0.05, 0.1) is 5.36 Å². The summed E-state index contributed by atoms with van der Waals surface area (Å²) in [6.45, 7) is 2.05. The molecule has 1 atom stereocenters. The van der Waals surface area contributed by atoms with Crippen molar-refractivity contribution in [3.63, 3.8) is 0 Å². The van der Waals surface area contributed by atoms with Crippen molar-refractivity contribution in [3.05, 3.63) is 70.2 Å². The quantitative estimate of drug-likeness (QED) is 0.859. The van der Waals surface area contributed by atoms with E-state index in [1.54, 1.807) is 5.01 Å². The van der Waals surface area contributed by atoms with Gasteiger partial charge in [0.15, 0.2) is 11.3 Å². The van der Waals surface area contributed by atoms with Crippen LogP contribution in [0.3, 0.4) is 0 Å². The number of amidine groups is 1. The molecule has 4 rings (SSSR count). The largest absolute Gasteiger partial charge is 0.298 e. The Morgan fingerprint density at radius 1 is 1.12 bits per heavy atom. The van der Waals surface area contributed by atoms with Gasteiger partial charge in [0.25, 0.3) is 5.91 Å². The van der Waals surface area contributed by atoms with Gasteiger partial charge in [0.2, 0.25) is 0 Å². The predicted octanol–water partition coefficient (Wildman–Crippen LogP) is 1.50. The number of carbonyl (C=O) groups is 1. The van der Waals surface area contributed by atoms with Gasteiger partial charge in [-0.25, -0.2) is 5.01 Å². The van der Waals surface area contributed by atoms with Crippen LogP contribution in [-0.4, -0.2) is 22.3 Å². The lowest BCUT2D eigenvalue weighted by atomic mass is 10.0. The Morgan fingerprint density at radius 2 is 1.88 bits per heavy atom. The number of hydrogen-bond donors (Lipinski definition) is 1. The van der Waals surface area contributed by atoms with Crippen LogP contribution >= 0.6 is 11.8 Å². The van der Waals surface area contributed by atoms with E-state index in [-0.39, 0.29) is 12.1 Å². The average molecular weight is 336 g/mol. The van der Waals surface area contributed by atoms with E-state index in [0.717, 1.165) is 21.7 Å². The van der Waals surface area contributed by atoms with Crippen molar-refractivity contribution in [2.24, 2.45) is 10.1 Å². The van der Waals surface area contributed by atoms with Gasteiger partial charge in [-0.3, -0.25) is 15.1 Å². The fourth-order valence-electron chi connectivity index (χ4n) is 3.00. The van der Waals surface area contributed by atoms with Crippen molar-refractivity contribution in [3.8, 4) is 0 Å². The molecule has 1 amide bonds. The van der Waals surface area contributed by atoms with E-state index in [0.29, 0.717) is 10.9 Å². The zero-order chi connectivity index (χ0) is 16.7. The van der Waals surface area contributed by atoms with Crippen LogP contribution in [0.25, 0.3) is 5.70 Å². The van der Waals surface area contributed by atoms with Gasteiger partial charge < -0.3 is 0 Å². The molecule has 5 nitrogen and oxygen atoms in total. The van der Waals surface area contributed by atoms with Crippen LogP contribution in [0.15, 0.2) is 58.6 Å². The third kappa shape index (κ3) is 2.30. The Bertz CT molecular complexity index is 983. The number of rotatable bonds is 1. The van der Waals surface area contributed by atoms with Gasteiger partial charge in [0, 0.05) is 10.8 Å². The van der Waals surface area contributed by atoms with Crippen LogP contribution in [0.1, 0.15) is 17.3 Å². The number of hydrazone groups is 1. The molecule has 2 heterocycles. The number of fused-ring (bicyclic) bond motifs is 2. The van der Waals surface area contributed by atoms with Gasteiger partial charge >= 0.3 is 0 Å². The second kappa shape index (κ2) is 5.79. The number of nitrogens with one attached hydrogen (secondary N) is 1.